The Bertz CT molecular complexity index is 690. The van der Waals surface area contributed by atoms with E-state index in [1.807, 2.05) is 20.8 Å². The van der Waals surface area contributed by atoms with Crippen LogP contribution in [0.3, 0.4) is 0 Å². The van der Waals surface area contributed by atoms with E-state index in [1.165, 1.54) is 6.07 Å². The second-order valence-corrected chi connectivity index (χ2v) is 8.86. The standard InChI is InChI=1S/C21H32O7/c1-13(2)21(6,12-20(3,4)5)19(26)28-11-15(22)10-27-18(25)14-7-8-16(23)17(24)9-14/h7-9,13,15,22-24H,10-12H2,1-6H3. The summed E-state index contributed by atoms with van der Waals surface area (Å²) in [5, 5.41) is 28.6. The molecule has 7 nitrogen and oxygen atoms in total. The van der Waals surface area contributed by atoms with Gasteiger partial charge < -0.3 is 24.8 Å². The average Bonchev–Trinajstić information content (AvgIpc) is 2.58. The molecule has 0 fully saturated rings. The second kappa shape index (κ2) is 9.28. The van der Waals surface area contributed by atoms with Crippen molar-refractivity contribution in [3.63, 3.8) is 0 Å². The van der Waals surface area contributed by atoms with Gasteiger partial charge in [-0.2, -0.15) is 0 Å². The molecule has 3 N–H and O–H groups in total. The fraction of sp³-hybridized carbons (Fsp3) is 0.619. The summed E-state index contributed by atoms with van der Waals surface area (Å²) >= 11 is 0. The zero-order valence-electron chi connectivity index (χ0n) is 17.5. The summed E-state index contributed by atoms with van der Waals surface area (Å²) in [7, 11) is 0. The first-order valence-electron chi connectivity index (χ1n) is 9.30. The first-order valence-corrected chi connectivity index (χ1v) is 9.30. The number of benzene rings is 1. The molecule has 0 aliphatic carbocycles. The Balaban J connectivity index is 2.58. The van der Waals surface area contributed by atoms with Gasteiger partial charge in [-0.15, -0.1) is 0 Å². The second-order valence-electron chi connectivity index (χ2n) is 8.86. The number of carbonyl (C=O) groups excluding carboxylic acids is 2. The molecule has 0 saturated carbocycles. The molecule has 1 aromatic carbocycles. The molecule has 0 aliphatic heterocycles. The van der Waals surface area contributed by atoms with E-state index in [4.69, 9.17) is 9.47 Å². The Labute approximate surface area is 166 Å². The summed E-state index contributed by atoms with van der Waals surface area (Å²) in [6.07, 6.45) is -0.545. The van der Waals surface area contributed by atoms with E-state index in [9.17, 15) is 24.9 Å². The Kier molecular flexibility index (Phi) is 7.87. The number of aromatic hydroxyl groups is 2. The summed E-state index contributed by atoms with van der Waals surface area (Å²) < 4.78 is 10.3. The van der Waals surface area contributed by atoms with Crippen molar-refractivity contribution >= 4 is 11.9 Å². The van der Waals surface area contributed by atoms with Gasteiger partial charge in [-0.3, -0.25) is 4.79 Å². The van der Waals surface area contributed by atoms with Gasteiger partial charge in [0, 0.05) is 0 Å². The maximum atomic E-state index is 12.6. The zero-order chi connectivity index (χ0) is 21.7. The molecule has 0 saturated heterocycles. The van der Waals surface area contributed by atoms with Crippen LogP contribution >= 0.6 is 0 Å². The molecule has 0 amide bonds. The lowest BCUT2D eigenvalue weighted by Gasteiger charge is -2.37. The number of phenols is 2. The van der Waals surface area contributed by atoms with Crippen molar-refractivity contribution in [2.45, 2.75) is 54.1 Å². The van der Waals surface area contributed by atoms with Crippen molar-refractivity contribution in [1.29, 1.82) is 0 Å². The lowest BCUT2D eigenvalue weighted by molar-refractivity contribution is -0.163. The van der Waals surface area contributed by atoms with Crippen LogP contribution in [0, 0.1) is 16.7 Å². The molecule has 0 aromatic heterocycles. The average molecular weight is 396 g/mol. The molecular formula is C21H32O7. The normalized spacial score (nSPS) is 15.0. The van der Waals surface area contributed by atoms with Crippen LogP contribution in [0.15, 0.2) is 18.2 Å². The van der Waals surface area contributed by atoms with Gasteiger partial charge in [0.05, 0.1) is 11.0 Å². The number of phenolic OH excluding ortho intramolecular Hbond substituents is 2. The van der Waals surface area contributed by atoms with Crippen molar-refractivity contribution in [2.75, 3.05) is 13.2 Å². The van der Waals surface area contributed by atoms with Gasteiger partial charge in [-0.05, 0) is 42.9 Å². The van der Waals surface area contributed by atoms with Gasteiger partial charge in [-0.25, -0.2) is 4.79 Å². The Morgan fingerprint density at radius 2 is 1.57 bits per heavy atom. The number of hydrogen-bond donors (Lipinski definition) is 3. The van der Waals surface area contributed by atoms with Crippen LogP contribution in [0.4, 0.5) is 0 Å². The fourth-order valence-corrected chi connectivity index (χ4v) is 2.90. The summed E-state index contributed by atoms with van der Waals surface area (Å²) in [4.78, 5) is 24.5. The molecule has 2 atom stereocenters. The van der Waals surface area contributed by atoms with E-state index in [1.54, 1.807) is 0 Å². The molecule has 158 valence electrons. The van der Waals surface area contributed by atoms with Gasteiger partial charge in [-0.1, -0.05) is 34.6 Å². The first kappa shape index (κ1) is 23.8. The number of ether oxygens (including phenoxy) is 2. The molecule has 7 heteroatoms. The highest BCUT2D eigenvalue weighted by molar-refractivity contribution is 5.90. The maximum Gasteiger partial charge on any atom is 0.338 e. The highest BCUT2D eigenvalue weighted by Crippen LogP contribution is 2.40. The Morgan fingerprint density at radius 1 is 1.00 bits per heavy atom. The van der Waals surface area contributed by atoms with Crippen LogP contribution in [0.25, 0.3) is 0 Å². The van der Waals surface area contributed by atoms with Gasteiger partial charge in [0.1, 0.15) is 19.3 Å². The summed E-state index contributed by atoms with van der Waals surface area (Å²) in [6.45, 7) is 11.3. The summed E-state index contributed by atoms with van der Waals surface area (Å²) in [6, 6.07) is 3.50. The van der Waals surface area contributed by atoms with Crippen LogP contribution in [0.1, 0.15) is 58.3 Å². The minimum absolute atomic E-state index is 0.0251. The van der Waals surface area contributed by atoms with E-state index in [0.717, 1.165) is 12.1 Å². The van der Waals surface area contributed by atoms with Gasteiger partial charge in [0.2, 0.25) is 0 Å². The lowest BCUT2D eigenvalue weighted by Crippen LogP contribution is -2.40. The van der Waals surface area contributed by atoms with Gasteiger partial charge >= 0.3 is 11.9 Å². The zero-order valence-corrected chi connectivity index (χ0v) is 17.5. The van der Waals surface area contributed by atoms with Crippen molar-refractivity contribution in [3.05, 3.63) is 23.8 Å². The number of carbonyl (C=O) groups is 2. The number of aliphatic hydroxyl groups excluding tert-OH is 1. The predicted octanol–water partition coefficient (Wildman–Crippen LogP) is 3.26. The highest BCUT2D eigenvalue weighted by atomic mass is 16.6. The number of rotatable bonds is 8. The van der Waals surface area contributed by atoms with Crippen molar-refractivity contribution in [2.24, 2.45) is 16.7 Å². The fourth-order valence-electron chi connectivity index (χ4n) is 2.90. The number of esters is 2. The van der Waals surface area contributed by atoms with Crippen molar-refractivity contribution in [1.82, 2.24) is 0 Å². The van der Waals surface area contributed by atoms with Crippen LogP contribution in [0.2, 0.25) is 0 Å². The van der Waals surface area contributed by atoms with E-state index in [0.29, 0.717) is 6.42 Å². The molecule has 0 heterocycles. The number of aliphatic hydroxyl groups is 1. The third-order valence-electron chi connectivity index (χ3n) is 4.66. The quantitative estimate of drug-likeness (QED) is 0.456. The molecule has 0 radical (unpaired) electrons. The van der Waals surface area contributed by atoms with E-state index in [2.05, 4.69) is 20.8 Å². The minimum Gasteiger partial charge on any atom is -0.504 e. The van der Waals surface area contributed by atoms with E-state index in [-0.39, 0.29) is 35.9 Å². The molecule has 2 unspecified atom stereocenters. The molecule has 0 bridgehead atoms. The van der Waals surface area contributed by atoms with Crippen LogP contribution in [-0.4, -0.2) is 46.6 Å². The molecule has 28 heavy (non-hydrogen) atoms. The molecular weight excluding hydrogens is 364 g/mol. The van der Waals surface area contributed by atoms with Gasteiger partial charge in [0.25, 0.3) is 0 Å². The highest BCUT2D eigenvalue weighted by Gasteiger charge is 2.41. The SMILES string of the molecule is CC(C)C(C)(CC(C)(C)C)C(=O)OCC(O)COC(=O)c1ccc(O)c(O)c1. The van der Waals surface area contributed by atoms with Crippen molar-refractivity contribution < 1.29 is 34.4 Å². The Hall–Kier alpha value is -2.28. The number of hydrogen-bond acceptors (Lipinski definition) is 7. The minimum atomic E-state index is -1.18. The third-order valence-corrected chi connectivity index (χ3v) is 4.66. The predicted molar refractivity (Wildman–Crippen MR) is 104 cm³/mol. The summed E-state index contributed by atoms with van der Waals surface area (Å²) in [5.41, 5.74) is -0.739. The smallest absolute Gasteiger partial charge is 0.338 e. The molecule has 1 aromatic rings. The molecule has 0 aliphatic rings. The van der Waals surface area contributed by atoms with Gasteiger partial charge in [0.15, 0.2) is 11.5 Å². The largest absolute Gasteiger partial charge is 0.504 e. The van der Waals surface area contributed by atoms with Crippen LogP contribution in [-0.2, 0) is 14.3 Å². The third kappa shape index (κ3) is 6.71. The van der Waals surface area contributed by atoms with E-state index < -0.39 is 29.2 Å². The first-order chi connectivity index (χ1) is 12.8. The summed E-state index contributed by atoms with van der Waals surface area (Å²) in [5.74, 6) is -1.93. The maximum absolute atomic E-state index is 12.6. The lowest BCUT2D eigenvalue weighted by atomic mass is 9.69. The van der Waals surface area contributed by atoms with E-state index >= 15 is 0 Å². The topological polar surface area (TPSA) is 113 Å². The monoisotopic (exact) mass is 396 g/mol. The Morgan fingerprint density at radius 3 is 2.07 bits per heavy atom. The molecule has 1 rings (SSSR count). The van der Waals surface area contributed by atoms with Crippen molar-refractivity contribution in [3.8, 4) is 11.5 Å². The van der Waals surface area contributed by atoms with Crippen LogP contribution < -0.4 is 0 Å². The molecule has 0 spiro atoms. The van der Waals surface area contributed by atoms with Crippen LogP contribution in [0.5, 0.6) is 11.5 Å².